The molecule has 31 heavy (non-hydrogen) atoms. The van der Waals surface area contributed by atoms with Crippen molar-refractivity contribution < 1.29 is 41.0 Å². The Labute approximate surface area is 175 Å². The first-order chi connectivity index (χ1) is 14.2. The Hall–Kier alpha value is -2.66. The number of carboxylic acid groups (broad SMARTS) is 1. The Morgan fingerprint density at radius 2 is 1.77 bits per heavy atom. The van der Waals surface area contributed by atoms with Crippen molar-refractivity contribution in [3.63, 3.8) is 0 Å². The fraction of sp³-hybridized carbons (Fsp3) is 0.350. The van der Waals surface area contributed by atoms with Gasteiger partial charge in [0.05, 0.1) is 23.0 Å². The fourth-order valence-electron chi connectivity index (χ4n) is 3.54. The summed E-state index contributed by atoms with van der Waals surface area (Å²) < 4.78 is 80.3. The van der Waals surface area contributed by atoms with Gasteiger partial charge < -0.3 is 10.2 Å². The minimum absolute atomic E-state index is 0.0172. The van der Waals surface area contributed by atoms with E-state index in [1.807, 2.05) is 0 Å². The largest absolute Gasteiger partial charge is 0.481 e. The van der Waals surface area contributed by atoms with Crippen LogP contribution in [0.3, 0.4) is 0 Å². The molecule has 2 aromatic carbocycles. The molecule has 168 valence electrons. The molecule has 2 N–H and O–H groups in total. The van der Waals surface area contributed by atoms with Crippen LogP contribution in [-0.4, -0.2) is 36.8 Å². The first kappa shape index (κ1) is 23.0. The number of aliphatic hydroxyl groups is 1. The minimum Gasteiger partial charge on any atom is -0.481 e. The van der Waals surface area contributed by atoms with E-state index in [1.165, 1.54) is 0 Å². The summed E-state index contributed by atoms with van der Waals surface area (Å²) in [6, 6.07) is 6.10. The second-order valence-electron chi connectivity index (χ2n) is 7.46. The molecular weight excluding hydrogens is 442 g/mol. The quantitative estimate of drug-likeness (QED) is 0.664. The topological polar surface area (TPSA) is 94.9 Å². The van der Waals surface area contributed by atoms with Crippen LogP contribution in [0.4, 0.5) is 23.2 Å². The maximum atomic E-state index is 13.3. The smallest absolute Gasteiger partial charge is 0.421 e. The summed E-state index contributed by atoms with van der Waals surface area (Å²) in [7, 11) is -4.35. The van der Waals surface area contributed by atoms with Crippen LogP contribution in [0.25, 0.3) is 0 Å². The van der Waals surface area contributed by atoms with Crippen molar-refractivity contribution in [3.05, 3.63) is 59.4 Å². The lowest BCUT2D eigenvalue weighted by Gasteiger charge is -2.38. The predicted molar refractivity (Wildman–Crippen MR) is 102 cm³/mol. The lowest BCUT2D eigenvalue weighted by Crippen LogP contribution is -2.45. The maximum Gasteiger partial charge on any atom is 0.421 e. The molecule has 1 unspecified atom stereocenters. The third kappa shape index (κ3) is 4.24. The molecule has 0 amide bonds. The number of anilines is 1. The van der Waals surface area contributed by atoms with Gasteiger partial charge in [0.25, 0.3) is 10.0 Å². The molecule has 0 saturated carbocycles. The Balaban J connectivity index is 2.14. The molecule has 0 aromatic heterocycles. The van der Waals surface area contributed by atoms with E-state index in [9.17, 15) is 41.0 Å². The lowest BCUT2D eigenvalue weighted by molar-refractivity contribution is -0.258. The number of hydrogen-bond acceptors (Lipinski definition) is 4. The highest BCUT2D eigenvalue weighted by atomic mass is 32.2. The number of fused-ring (bicyclic) bond motifs is 1. The van der Waals surface area contributed by atoms with Gasteiger partial charge in [-0.2, -0.15) is 13.2 Å². The number of benzene rings is 2. The zero-order chi connectivity index (χ0) is 23.2. The van der Waals surface area contributed by atoms with Gasteiger partial charge in [-0.15, -0.1) is 0 Å². The average molecular weight is 461 g/mol. The van der Waals surface area contributed by atoms with Crippen molar-refractivity contribution in [2.45, 2.75) is 48.9 Å². The van der Waals surface area contributed by atoms with Crippen molar-refractivity contribution in [2.75, 3.05) is 4.31 Å². The normalized spacial score (nSPS) is 18.9. The summed E-state index contributed by atoms with van der Waals surface area (Å²) in [5, 5.41) is 19.2. The molecule has 1 aliphatic rings. The number of aliphatic carboxylic acids is 1. The van der Waals surface area contributed by atoms with Gasteiger partial charge >= 0.3 is 12.1 Å². The van der Waals surface area contributed by atoms with Crippen LogP contribution in [0.5, 0.6) is 0 Å². The predicted octanol–water partition coefficient (Wildman–Crippen LogP) is 3.58. The van der Waals surface area contributed by atoms with Crippen LogP contribution in [-0.2, 0) is 26.8 Å². The lowest BCUT2D eigenvalue weighted by atomic mass is 9.89. The monoisotopic (exact) mass is 461 g/mol. The van der Waals surface area contributed by atoms with Crippen LogP contribution in [0.2, 0.25) is 0 Å². The summed E-state index contributed by atoms with van der Waals surface area (Å²) in [5.74, 6) is -1.91. The van der Waals surface area contributed by atoms with Crippen LogP contribution in [0, 0.1) is 5.82 Å². The van der Waals surface area contributed by atoms with Gasteiger partial charge in [-0.3, -0.25) is 9.10 Å². The molecule has 3 rings (SSSR count). The zero-order valence-electron chi connectivity index (χ0n) is 16.2. The highest BCUT2D eigenvalue weighted by molar-refractivity contribution is 7.92. The van der Waals surface area contributed by atoms with E-state index in [-0.39, 0.29) is 29.0 Å². The average Bonchev–Trinajstić information content (AvgIpc) is 2.66. The van der Waals surface area contributed by atoms with E-state index >= 15 is 0 Å². The van der Waals surface area contributed by atoms with E-state index in [4.69, 9.17) is 0 Å². The molecule has 11 heteroatoms. The Morgan fingerprint density at radius 1 is 1.16 bits per heavy atom. The zero-order valence-corrected chi connectivity index (χ0v) is 17.0. The second kappa shape index (κ2) is 7.79. The Morgan fingerprint density at radius 3 is 2.32 bits per heavy atom. The number of rotatable bonds is 5. The fourth-order valence-corrected chi connectivity index (χ4v) is 5.25. The number of nitrogens with zero attached hydrogens (tertiary/aromatic N) is 1. The summed E-state index contributed by atoms with van der Waals surface area (Å²) >= 11 is 0. The highest BCUT2D eigenvalue weighted by Gasteiger charge is 2.51. The number of aryl methyl sites for hydroxylation is 1. The van der Waals surface area contributed by atoms with Gasteiger partial charge in [0, 0.05) is 0 Å². The number of halogens is 4. The molecule has 0 spiro atoms. The van der Waals surface area contributed by atoms with Crippen molar-refractivity contribution >= 4 is 21.7 Å². The van der Waals surface area contributed by atoms with Gasteiger partial charge in [-0.25, -0.2) is 12.8 Å². The minimum atomic E-state index is -4.96. The molecule has 1 heterocycles. The van der Waals surface area contributed by atoms with Crippen molar-refractivity contribution in [3.8, 4) is 0 Å². The second-order valence-corrected chi connectivity index (χ2v) is 9.27. The summed E-state index contributed by atoms with van der Waals surface area (Å²) in [6.07, 6.45) is -5.33. The van der Waals surface area contributed by atoms with Crippen LogP contribution < -0.4 is 4.31 Å². The van der Waals surface area contributed by atoms with Crippen LogP contribution in [0.1, 0.15) is 30.9 Å². The third-order valence-corrected chi connectivity index (χ3v) is 7.17. The molecule has 0 bridgehead atoms. The molecule has 1 aliphatic heterocycles. The molecule has 0 aliphatic carbocycles. The van der Waals surface area contributed by atoms with Crippen LogP contribution in [0.15, 0.2) is 47.4 Å². The molecule has 2 atom stereocenters. The number of sulfonamides is 1. The van der Waals surface area contributed by atoms with Gasteiger partial charge in [-0.05, 0) is 61.2 Å². The number of hydrogen-bond donors (Lipinski definition) is 2. The van der Waals surface area contributed by atoms with E-state index < -0.39 is 51.6 Å². The standard InChI is InChI=1S/C20H19F4NO5S/c1-19(28,20(22,23)24)13-3-9-17-12(10-13)2-6-15(11-18(26)27)25(17)31(29,30)16-7-4-14(21)5-8-16/h3-5,7-10,15,28H,2,6,11H2,1H3,(H,26,27)/t15-,19?/m0/s1. The third-order valence-electron chi connectivity index (χ3n) is 5.29. The van der Waals surface area contributed by atoms with E-state index in [0.717, 1.165) is 46.8 Å². The number of carboxylic acids is 1. The molecular formula is C20H19F4NO5S. The summed E-state index contributed by atoms with van der Waals surface area (Å²) in [4.78, 5) is 11.0. The van der Waals surface area contributed by atoms with Gasteiger partial charge in [0.2, 0.25) is 0 Å². The summed E-state index contributed by atoms with van der Waals surface area (Å²) in [6.45, 7) is 0.595. The Bertz CT molecular complexity index is 1100. The van der Waals surface area contributed by atoms with E-state index in [0.29, 0.717) is 6.92 Å². The van der Waals surface area contributed by atoms with E-state index in [2.05, 4.69) is 0 Å². The SMILES string of the molecule is CC(O)(c1ccc2c(c1)CC[C@@H](CC(=O)O)N2S(=O)(=O)c1ccc(F)cc1)C(F)(F)F. The number of carbonyl (C=O) groups is 1. The van der Waals surface area contributed by atoms with Gasteiger partial charge in [-0.1, -0.05) is 12.1 Å². The molecule has 0 fully saturated rings. The van der Waals surface area contributed by atoms with Crippen molar-refractivity contribution in [2.24, 2.45) is 0 Å². The first-order valence-electron chi connectivity index (χ1n) is 9.19. The van der Waals surface area contributed by atoms with Crippen molar-refractivity contribution in [1.29, 1.82) is 0 Å². The molecule has 2 aromatic rings. The van der Waals surface area contributed by atoms with Crippen molar-refractivity contribution in [1.82, 2.24) is 0 Å². The molecule has 6 nitrogen and oxygen atoms in total. The van der Waals surface area contributed by atoms with Crippen LogP contribution >= 0.6 is 0 Å². The maximum absolute atomic E-state index is 13.3. The number of alkyl halides is 3. The first-order valence-corrected chi connectivity index (χ1v) is 10.6. The Kier molecular flexibility index (Phi) is 5.78. The van der Waals surface area contributed by atoms with E-state index in [1.54, 1.807) is 0 Å². The molecule has 0 saturated heterocycles. The highest BCUT2D eigenvalue weighted by Crippen LogP contribution is 2.42. The summed E-state index contributed by atoms with van der Waals surface area (Å²) in [5.41, 5.74) is -3.38. The van der Waals surface area contributed by atoms with Gasteiger partial charge in [0.1, 0.15) is 5.82 Å². The molecule has 0 radical (unpaired) electrons. The van der Waals surface area contributed by atoms with Gasteiger partial charge in [0.15, 0.2) is 5.60 Å².